The molecule has 0 aromatic carbocycles. The highest BCUT2D eigenvalue weighted by Crippen LogP contribution is 2.22. The van der Waals surface area contributed by atoms with Gasteiger partial charge in [0.05, 0.1) is 13.2 Å². The van der Waals surface area contributed by atoms with Gasteiger partial charge >= 0.3 is 0 Å². The van der Waals surface area contributed by atoms with Crippen LogP contribution in [0.25, 0.3) is 0 Å². The van der Waals surface area contributed by atoms with Crippen LogP contribution in [0.15, 0.2) is 0 Å². The minimum Gasteiger partial charge on any atom is -0.395 e. The predicted octanol–water partition coefficient (Wildman–Crippen LogP) is 1.48. The van der Waals surface area contributed by atoms with Crippen LogP contribution in [0, 0.1) is 0 Å². The van der Waals surface area contributed by atoms with Crippen LogP contribution in [0.1, 0.15) is 46.0 Å². The molecule has 1 rings (SSSR count). The van der Waals surface area contributed by atoms with Crippen molar-refractivity contribution in [2.24, 2.45) is 0 Å². The van der Waals surface area contributed by atoms with Gasteiger partial charge in [0.25, 0.3) is 0 Å². The molecule has 1 aliphatic rings. The number of hydrogen-bond acceptors (Lipinski definition) is 3. The Kier molecular flexibility index (Phi) is 7.28. The molecule has 1 amide bonds. The van der Waals surface area contributed by atoms with E-state index in [0.29, 0.717) is 19.1 Å². The van der Waals surface area contributed by atoms with Crippen molar-refractivity contribution in [1.29, 1.82) is 0 Å². The Labute approximate surface area is 111 Å². The minimum absolute atomic E-state index is 0.122. The van der Waals surface area contributed by atoms with Gasteiger partial charge in [0.15, 0.2) is 0 Å². The van der Waals surface area contributed by atoms with Crippen molar-refractivity contribution >= 4 is 5.91 Å². The molecule has 4 nitrogen and oxygen atoms in total. The average molecular weight is 256 g/mol. The van der Waals surface area contributed by atoms with Crippen molar-refractivity contribution in [2.75, 3.05) is 32.8 Å². The molecule has 18 heavy (non-hydrogen) atoms. The Morgan fingerprint density at radius 3 is 2.33 bits per heavy atom. The molecule has 0 saturated heterocycles. The van der Waals surface area contributed by atoms with Crippen molar-refractivity contribution < 1.29 is 9.90 Å². The monoisotopic (exact) mass is 256 g/mol. The fourth-order valence-corrected chi connectivity index (χ4v) is 2.80. The Morgan fingerprint density at radius 2 is 1.83 bits per heavy atom. The molecule has 1 aliphatic carbocycles. The lowest BCUT2D eigenvalue weighted by atomic mass is 9.94. The van der Waals surface area contributed by atoms with Crippen LogP contribution in [0.4, 0.5) is 0 Å². The predicted molar refractivity (Wildman–Crippen MR) is 73.5 cm³/mol. The molecule has 0 unspecified atom stereocenters. The molecule has 106 valence electrons. The molecule has 0 bridgehead atoms. The fraction of sp³-hybridized carbons (Fsp3) is 0.929. The molecule has 1 saturated carbocycles. The highest BCUT2D eigenvalue weighted by molar-refractivity contribution is 5.78. The maximum atomic E-state index is 12.3. The molecule has 0 radical (unpaired) electrons. The van der Waals surface area contributed by atoms with E-state index >= 15 is 0 Å². The van der Waals surface area contributed by atoms with E-state index in [-0.39, 0.29) is 12.5 Å². The number of carbonyl (C=O) groups excluding carboxylic acids is 1. The average Bonchev–Trinajstić information content (AvgIpc) is 2.40. The van der Waals surface area contributed by atoms with Gasteiger partial charge in [-0.3, -0.25) is 9.69 Å². The van der Waals surface area contributed by atoms with Crippen LogP contribution in [0.5, 0.6) is 0 Å². The zero-order valence-electron chi connectivity index (χ0n) is 11.9. The molecule has 4 heteroatoms. The van der Waals surface area contributed by atoms with E-state index in [1.54, 1.807) is 0 Å². The van der Waals surface area contributed by atoms with Gasteiger partial charge in [0.2, 0.25) is 5.91 Å². The van der Waals surface area contributed by atoms with Crippen molar-refractivity contribution in [1.82, 2.24) is 9.80 Å². The van der Waals surface area contributed by atoms with Crippen LogP contribution in [0.2, 0.25) is 0 Å². The number of aliphatic hydroxyl groups excluding tert-OH is 1. The third-order valence-corrected chi connectivity index (χ3v) is 3.90. The summed E-state index contributed by atoms with van der Waals surface area (Å²) in [5, 5.41) is 8.96. The Morgan fingerprint density at radius 1 is 1.17 bits per heavy atom. The first-order valence-corrected chi connectivity index (χ1v) is 7.35. The van der Waals surface area contributed by atoms with Gasteiger partial charge in [-0.05, 0) is 26.3 Å². The molecular formula is C14H28N2O2. The molecule has 0 aliphatic heterocycles. The minimum atomic E-state index is 0.122. The zero-order valence-corrected chi connectivity index (χ0v) is 11.9. The van der Waals surface area contributed by atoms with Gasteiger partial charge in [-0.15, -0.1) is 0 Å². The molecule has 1 N–H and O–H groups in total. The van der Waals surface area contributed by atoms with Crippen LogP contribution >= 0.6 is 0 Å². The molecular weight excluding hydrogens is 228 g/mol. The summed E-state index contributed by atoms with van der Waals surface area (Å²) in [4.78, 5) is 16.4. The van der Waals surface area contributed by atoms with E-state index in [1.807, 2.05) is 16.7 Å². The molecule has 0 aromatic rings. The lowest BCUT2D eigenvalue weighted by Crippen LogP contribution is -2.46. The van der Waals surface area contributed by atoms with Crippen molar-refractivity contribution in [2.45, 2.75) is 52.0 Å². The fourth-order valence-electron chi connectivity index (χ4n) is 2.80. The summed E-state index contributed by atoms with van der Waals surface area (Å²) in [6, 6.07) is 0.448. The van der Waals surface area contributed by atoms with Gasteiger partial charge in [0.1, 0.15) is 0 Å². The number of nitrogens with zero attached hydrogens (tertiary/aromatic N) is 2. The molecule has 0 spiro atoms. The largest absolute Gasteiger partial charge is 0.395 e. The van der Waals surface area contributed by atoms with Crippen LogP contribution in [0.3, 0.4) is 0 Å². The molecule has 0 aromatic heterocycles. The van der Waals surface area contributed by atoms with E-state index in [2.05, 4.69) is 6.92 Å². The summed E-state index contributed by atoms with van der Waals surface area (Å²) in [5.41, 5.74) is 0. The summed E-state index contributed by atoms with van der Waals surface area (Å²) in [5.74, 6) is 0.222. The number of likely N-dealkylation sites (N-methyl/N-ethyl adjacent to an activating group) is 2. The first-order valence-electron chi connectivity index (χ1n) is 7.35. The maximum absolute atomic E-state index is 12.3. The van der Waals surface area contributed by atoms with Gasteiger partial charge in [-0.2, -0.15) is 0 Å². The van der Waals surface area contributed by atoms with Gasteiger partial charge in [0, 0.05) is 19.1 Å². The molecule has 1 fully saturated rings. The SMILES string of the molecule is CCN(CCO)CC(=O)N(CC)C1CCCCC1. The zero-order chi connectivity index (χ0) is 13.4. The maximum Gasteiger partial charge on any atom is 0.236 e. The summed E-state index contributed by atoms with van der Waals surface area (Å²) < 4.78 is 0. The van der Waals surface area contributed by atoms with Gasteiger partial charge in [-0.1, -0.05) is 26.2 Å². The smallest absolute Gasteiger partial charge is 0.236 e. The highest BCUT2D eigenvalue weighted by atomic mass is 16.3. The lowest BCUT2D eigenvalue weighted by molar-refractivity contribution is -0.135. The first-order chi connectivity index (χ1) is 8.72. The van der Waals surface area contributed by atoms with Gasteiger partial charge < -0.3 is 10.0 Å². The Bertz CT molecular complexity index is 240. The van der Waals surface area contributed by atoms with E-state index in [9.17, 15) is 4.79 Å². The number of hydrogen-bond donors (Lipinski definition) is 1. The van der Waals surface area contributed by atoms with Gasteiger partial charge in [-0.25, -0.2) is 0 Å². The Hall–Kier alpha value is -0.610. The Balaban J connectivity index is 2.49. The van der Waals surface area contributed by atoms with E-state index < -0.39 is 0 Å². The second kappa shape index (κ2) is 8.48. The number of amides is 1. The quantitative estimate of drug-likeness (QED) is 0.750. The van der Waals surface area contributed by atoms with Crippen molar-refractivity contribution in [3.05, 3.63) is 0 Å². The molecule has 0 heterocycles. The third kappa shape index (κ3) is 4.58. The van der Waals surface area contributed by atoms with Crippen molar-refractivity contribution in [3.8, 4) is 0 Å². The van der Waals surface area contributed by atoms with E-state index in [4.69, 9.17) is 5.11 Å². The summed E-state index contributed by atoms with van der Waals surface area (Å²) in [7, 11) is 0. The second-order valence-corrected chi connectivity index (χ2v) is 5.06. The number of aliphatic hydroxyl groups is 1. The highest BCUT2D eigenvalue weighted by Gasteiger charge is 2.24. The summed E-state index contributed by atoms with van der Waals surface area (Å²) >= 11 is 0. The standard InChI is InChI=1S/C14H28N2O2/c1-3-15(10-11-17)12-14(18)16(4-2)13-8-6-5-7-9-13/h13,17H,3-12H2,1-2H3. The topological polar surface area (TPSA) is 43.8 Å². The number of carbonyl (C=O) groups is 1. The normalized spacial score (nSPS) is 17.1. The molecule has 0 atom stereocenters. The lowest BCUT2D eigenvalue weighted by Gasteiger charge is -2.35. The van der Waals surface area contributed by atoms with Crippen LogP contribution in [-0.4, -0.2) is 59.6 Å². The third-order valence-electron chi connectivity index (χ3n) is 3.90. The van der Waals surface area contributed by atoms with Crippen LogP contribution < -0.4 is 0 Å². The van der Waals surface area contributed by atoms with Crippen LogP contribution in [-0.2, 0) is 4.79 Å². The van der Waals surface area contributed by atoms with E-state index in [0.717, 1.165) is 25.9 Å². The van der Waals surface area contributed by atoms with E-state index in [1.165, 1.54) is 19.3 Å². The first kappa shape index (κ1) is 15.4. The second-order valence-electron chi connectivity index (χ2n) is 5.06. The number of rotatable bonds is 7. The summed E-state index contributed by atoms with van der Waals surface area (Å²) in [6.07, 6.45) is 6.14. The summed E-state index contributed by atoms with van der Waals surface area (Å²) in [6.45, 7) is 6.87. The van der Waals surface area contributed by atoms with Crippen molar-refractivity contribution in [3.63, 3.8) is 0 Å².